The van der Waals surface area contributed by atoms with Gasteiger partial charge in [-0.25, -0.2) is 0 Å². The highest BCUT2D eigenvalue weighted by atomic mass is 16.6. The molecule has 0 spiro atoms. The second-order valence-electron chi connectivity index (χ2n) is 4.09. The fraction of sp³-hybridized carbons (Fsp3) is 1.00. The minimum absolute atomic E-state index is 0.236. The molecule has 0 bridgehead atoms. The lowest BCUT2D eigenvalue weighted by atomic mass is 10.00. The molecule has 0 N–H and O–H groups in total. The van der Waals surface area contributed by atoms with Crippen molar-refractivity contribution in [1.82, 2.24) is 0 Å². The third-order valence-electron chi connectivity index (χ3n) is 3.33. The molecule has 2 aliphatic rings. The Morgan fingerprint density at radius 3 is 2.38 bits per heavy atom. The van der Waals surface area contributed by atoms with Gasteiger partial charge in [0.1, 0.15) is 0 Å². The van der Waals surface area contributed by atoms with Gasteiger partial charge in [-0.05, 0) is 13.3 Å². The first-order valence-electron chi connectivity index (χ1n) is 4.97. The molecular weight excluding hydrogens is 168 g/mol. The summed E-state index contributed by atoms with van der Waals surface area (Å²) in [7, 11) is 3.54. The van der Waals surface area contributed by atoms with Crippen LogP contribution in [0.1, 0.15) is 19.8 Å². The summed E-state index contributed by atoms with van der Waals surface area (Å²) in [6.45, 7) is 2.12. The van der Waals surface area contributed by atoms with Crippen LogP contribution < -0.4 is 0 Å². The van der Waals surface area contributed by atoms with E-state index in [2.05, 4.69) is 6.92 Å². The van der Waals surface area contributed by atoms with Crippen molar-refractivity contribution in [3.8, 4) is 0 Å². The van der Waals surface area contributed by atoms with Crippen molar-refractivity contribution in [2.24, 2.45) is 5.92 Å². The van der Waals surface area contributed by atoms with Gasteiger partial charge in [0.15, 0.2) is 0 Å². The molecule has 3 heteroatoms. The highest BCUT2D eigenvalue weighted by molar-refractivity contribution is 4.98. The van der Waals surface area contributed by atoms with Crippen LogP contribution in [0, 0.1) is 5.92 Å². The highest BCUT2D eigenvalue weighted by Crippen LogP contribution is 2.41. The van der Waals surface area contributed by atoms with Gasteiger partial charge in [-0.2, -0.15) is 0 Å². The number of hydrogen-bond donors (Lipinski definition) is 0. The molecule has 0 amide bonds. The minimum atomic E-state index is 0.236. The third kappa shape index (κ3) is 1.49. The standard InChI is InChI=1S/C10H18O3/c1-6-4-7-8(11-2)5-9(12-3)10(7)13-6/h6-10H,4-5H2,1-3H3/t6-,7?,8?,9-,10-/m1/s1. The van der Waals surface area contributed by atoms with E-state index in [9.17, 15) is 0 Å². The maximum atomic E-state index is 5.82. The van der Waals surface area contributed by atoms with E-state index >= 15 is 0 Å². The smallest absolute Gasteiger partial charge is 0.0894 e. The summed E-state index contributed by atoms with van der Waals surface area (Å²) >= 11 is 0. The predicted octanol–water partition coefficient (Wildman–Crippen LogP) is 1.21. The van der Waals surface area contributed by atoms with Crippen LogP contribution in [0.3, 0.4) is 0 Å². The van der Waals surface area contributed by atoms with Crippen molar-refractivity contribution < 1.29 is 14.2 Å². The molecule has 0 aromatic rings. The lowest BCUT2D eigenvalue weighted by Gasteiger charge is -2.16. The van der Waals surface area contributed by atoms with Gasteiger partial charge in [0.05, 0.1) is 24.4 Å². The highest BCUT2D eigenvalue weighted by Gasteiger charge is 2.49. The number of methoxy groups -OCH3 is 2. The molecule has 2 unspecified atom stereocenters. The van der Waals surface area contributed by atoms with E-state index in [1.54, 1.807) is 14.2 Å². The SMILES string of the molecule is COC1C[C@@H](OC)[C@@H]2O[C@H](C)CC12. The first-order valence-corrected chi connectivity index (χ1v) is 4.97. The molecule has 1 heterocycles. The van der Waals surface area contributed by atoms with Crippen LogP contribution in [-0.4, -0.2) is 38.6 Å². The van der Waals surface area contributed by atoms with Crippen molar-refractivity contribution in [2.45, 2.75) is 44.2 Å². The average molecular weight is 186 g/mol. The van der Waals surface area contributed by atoms with E-state index in [-0.39, 0.29) is 12.2 Å². The Morgan fingerprint density at radius 2 is 1.77 bits per heavy atom. The average Bonchev–Trinajstić information content (AvgIpc) is 2.61. The van der Waals surface area contributed by atoms with Crippen molar-refractivity contribution in [3.63, 3.8) is 0 Å². The number of ether oxygens (including phenoxy) is 3. The van der Waals surface area contributed by atoms with Gasteiger partial charge in [0.2, 0.25) is 0 Å². The molecule has 5 atom stereocenters. The molecule has 0 radical (unpaired) electrons. The van der Waals surface area contributed by atoms with Gasteiger partial charge in [0.25, 0.3) is 0 Å². The number of fused-ring (bicyclic) bond motifs is 1. The third-order valence-corrected chi connectivity index (χ3v) is 3.33. The van der Waals surface area contributed by atoms with E-state index in [1.165, 1.54) is 0 Å². The summed E-state index contributed by atoms with van der Waals surface area (Å²) in [6.07, 6.45) is 3.30. The van der Waals surface area contributed by atoms with Crippen molar-refractivity contribution in [2.75, 3.05) is 14.2 Å². The molecule has 13 heavy (non-hydrogen) atoms. The second-order valence-corrected chi connectivity index (χ2v) is 4.09. The second kappa shape index (κ2) is 3.56. The van der Waals surface area contributed by atoms with Gasteiger partial charge >= 0.3 is 0 Å². The maximum absolute atomic E-state index is 5.82. The lowest BCUT2D eigenvalue weighted by molar-refractivity contribution is -0.0406. The van der Waals surface area contributed by atoms with Gasteiger partial charge in [-0.1, -0.05) is 0 Å². The Labute approximate surface area is 79.4 Å². The summed E-state index contributed by atoms with van der Waals surface area (Å²) in [5.41, 5.74) is 0. The van der Waals surface area contributed by atoms with Crippen LogP contribution in [0.2, 0.25) is 0 Å². The largest absolute Gasteiger partial charge is 0.381 e. The predicted molar refractivity (Wildman–Crippen MR) is 48.7 cm³/mol. The molecule has 2 rings (SSSR count). The zero-order chi connectivity index (χ0) is 9.42. The minimum Gasteiger partial charge on any atom is -0.381 e. The van der Waals surface area contributed by atoms with Gasteiger partial charge in [-0.3, -0.25) is 0 Å². The molecule has 1 aliphatic carbocycles. The van der Waals surface area contributed by atoms with Crippen LogP contribution in [-0.2, 0) is 14.2 Å². The first kappa shape index (κ1) is 9.44. The molecule has 76 valence electrons. The summed E-state index contributed by atoms with van der Waals surface area (Å²) in [5, 5.41) is 0. The van der Waals surface area contributed by atoms with Gasteiger partial charge in [-0.15, -0.1) is 0 Å². The molecule has 1 aliphatic heterocycles. The lowest BCUT2D eigenvalue weighted by Crippen LogP contribution is -2.26. The quantitative estimate of drug-likeness (QED) is 0.649. The summed E-state index contributed by atoms with van der Waals surface area (Å²) in [6, 6.07) is 0. The topological polar surface area (TPSA) is 27.7 Å². The number of hydrogen-bond acceptors (Lipinski definition) is 3. The summed E-state index contributed by atoms with van der Waals surface area (Å²) in [4.78, 5) is 0. The van der Waals surface area contributed by atoms with E-state index < -0.39 is 0 Å². The zero-order valence-corrected chi connectivity index (χ0v) is 8.53. The van der Waals surface area contributed by atoms with Crippen molar-refractivity contribution in [3.05, 3.63) is 0 Å². The van der Waals surface area contributed by atoms with Crippen LogP contribution in [0.25, 0.3) is 0 Å². The normalized spacial score (nSPS) is 49.6. The molecular formula is C10H18O3. The Hall–Kier alpha value is -0.120. The van der Waals surface area contributed by atoms with Crippen LogP contribution >= 0.6 is 0 Å². The first-order chi connectivity index (χ1) is 6.26. The Morgan fingerprint density at radius 1 is 1.08 bits per heavy atom. The fourth-order valence-electron chi connectivity index (χ4n) is 2.71. The molecule has 2 fully saturated rings. The van der Waals surface area contributed by atoms with E-state index in [0.29, 0.717) is 18.1 Å². The van der Waals surface area contributed by atoms with E-state index in [1.807, 2.05) is 0 Å². The molecule has 3 nitrogen and oxygen atoms in total. The fourth-order valence-corrected chi connectivity index (χ4v) is 2.71. The molecule has 0 aromatic carbocycles. The van der Waals surface area contributed by atoms with Crippen LogP contribution in [0.15, 0.2) is 0 Å². The maximum Gasteiger partial charge on any atom is 0.0894 e. The Balaban J connectivity index is 2.07. The molecule has 0 aromatic heterocycles. The summed E-state index contributed by atoms with van der Waals surface area (Å²) < 4.78 is 16.7. The van der Waals surface area contributed by atoms with Crippen LogP contribution in [0.4, 0.5) is 0 Å². The molecule has 1 saturated heterocycles. The van der Waals surface area contributed by atoms with E-state index in [0.717, 1.165) is 12.8 Å². The van der Waals surface area contributed by atoms with Crippen molar-refractivity contribution in [1.29, 1.82) is 0 Å². The Kier molecular flexibility index (Phi) is 2.58. The molecule has 1 saturated carbocycles. The van der Waals surface area contributed by atoms with Gasteiger partial charge < -0.3 is 14.2 Å². The zero-order valence-electron chi connectivity index (χ0n) is 8.53. The van der Waals surface area contributed by atoms with Crippen molar-refractivity contribution >= 4 is 0 Å². The monoisotopic (exact) mass is 186 g/mol. The van der Waals surface area contributed by atoms with Gasteiger partial charge in [0, 0.05) is 26.6 Å². The van der Waals surface area contributed by atoms with E-state index in [4.69, 9.17) is 14.2 Å². The van der Waals surface area contributed by atoms with Crippen LogP contribution in [0.5, 0.6) is 0 Å². The summed E-state index contributed by atoms with van der Waals surface area (Å²) in [5.74, 6) is 0.546. The number of rotatable bonds is 2. The Bertz CT molecular complexity index is 165.